The Hall–Kier alpha value is -3.26. The summed E-state index contributed by atoms with van der Waals surface area (Å²) in [5.74, 6) is 0.273. The smallest absolute Gasteiger partial charge is 0.127 e. The van der Waals surface area contributed by atoms with Crippen LogP contribution >= 0.6 is 0 Å². The fourth-order valence-corrected chi connectivity index (χ4v) is 6.20. The third-order valence-electron chi connectivity index (χ3n) is 8.84. The Morgan fingerprint density at radius 3 is 1.33 bits per heavy atom. The predicted molar refractivity (Wildman–Crippen MR) is 205 cm³/mol. The molecule has 48 heavy (non-hydrogen) atoms. The minimum atomic E-state index is 0. The summed E-state index contributed by atoms with van der Waals surface area (Å²) in [6.45, 7) is 17.3. The van der Waals surface area contributed by atoms with Gasteiger partial charge in [-0.1, -0.05) is 85.1 Å². The molecule has 0 radical (unpaired) electrons. The van der Waals surface area contributed by atoms with Crippen molar-refractivity contribution in [1.82, 2.24) is 0 Å². The molecule has 0 unspecified atom stereocenters. The third kappa shape index (κ3) is 11.7. The van der Waals surface area contributed by atoms with Gasteiger partial charge in [0.2, 0.25) is 0 Å². The maximum Gasteiger partial charge on any atom is 0.127 e. The fraction of sp³-hybridized carbons (Fsp3) is 0.442. The molecule has 0 aromatic heterocycles. The van der Waals surface area contributed by atoms with Crippen molar-refractivity contribution in [2.24, 2.45) is 9.98 Å². The molecule has 4 aromatic carbocycles. The Bertz CT molecular complexity index is 1630. The van der Waals surface area contributed by atoms with Crippen LogP contribution in [0.25, 0.3) is 10.8 Å². The summed E-state index contributed by atoms with van der Waals surface area (Å²) in [4.78, 5) is 10.4. The molecule has 0 fully saturated rings. The first-order valence-electron chi connectivity index (χ1n) is 18.0. The van der Waals surface area contributed by atoms with E-state index < -0.39 is 0 Å². The van der Waals surface area contributed by atoms with Gasteiger partial charge in [-0.3, -0.25) is 9.98 Å². The second kappa shape index (κ2) is 21.0. The van der Waals surface area contributed by atoms with E-state index in [1.807, 2.05) is 26.0 Å². The molecule has 4 rings (SSSR count). The molecule has 5 heteroatoms. The number of benzene rings is 4. The maximum atomic E-state index is 9.66. The van der Waals surface area contributed by atoms with Crippen LogP contribution in [-0.4, -0.2) is 21.6 Å². The zero-order valence-electron chi connectivity index (χ0n) is 30.7. The van der Waals surface area contributed by atoms with Crippen molar-refractivity contribution in [3.05, 3.63) is 94.0 Å². The summed E-state index contributed by atoms with van der Waals surface area (Å²) in [6, 6.07) is 20.7. The molecule has 0 aliphatic rings. The number of phenols is 2. The Balaban J connectivity index is 0.000000442. The predicted octanol–water partition coefficient (Wildman–Crippen LogP) is 12.4. The van der Waals surface area contributed by atoms with Crippen molar-refractivity contribution >= 4 is 33.6 Å². The first-order chi connectivity index (χ1) is 22.7. The van der Waals surface area contributed by atoms with E-state index in [9.17, 15) is 10.2 Å². The largest absolute Gasteiger partial charge is 0.507 e. The topological polar surface area (TPSA) is 65.2 Å². The minimum absolute atomic E-state index is 0. The molecule has 0 saturated heterocycles. The van der Waals surface area contributed by atoms with Gasteiger partial charge in [-0.15, -0.1) is 0 Å². The summed E-state index contributed by atoms with van der Waals surface area (Å²) in [5.41, 5.74) is 12.2. The number of aliphatic imine (C=N–C) groups is 2. The number of unbranched alkanes of at least 4 members (excludes halogenated alkanes) is 3. The first kappa shape index (κ1) is 40.9. The summed E-state index contributed by atoms with van der Waals surface area (Å²) >= 11 is 0. The molecular formula is C43H58N2O2Pd. The van der Waals surface area contributed by atoms with Gasteiger partial charge < -0.3 is 10.2 Å². The summed E-state index contributed by atoms with van der Waals surface area (Å²) in [5, 5.41) is 20.7. The molecule has 0 atom stereocenters. The van der Waals surface area contributed by atoms with E-state index in [-0.39, 0.29) is 31.9 Å². The first-order valence-corrected chi connectivity index (χ1v) is 18.0. The van der Waals surface area contributed by atoms with E-state index in [0.29, 0.717) is 5.39 Å². The zero-order chi connectivity index (χ0) is 34.3. The Morgan fingerprint density at radius 1 is 0.521 bits per heavy atom. The van der Waals surface area contributed by atoms with E-state index in [2.05, 4.69) is 77.9 Å². The summed E-state index contributed by atoms with van der Waals surface area (Å²) < 4.78 is 0. The van der Waals surface area contributed by atoms with Crippen molar-refractivity contribution in [2.45, 2.75) is 126 Å². The number of aromatic hydroxyl groups is 2. The average Bonchev–Trinajstić information content (AvgIpc) is 3.05. The van der Waals surface area contributed by atoms with Crippen molar-refractivity contribution in [2.75, 3.05) is 0 Å². The number of aryl methyl sites for hydroxylation is 6. The Morgan fingerprint density at radius 2 is 0.938 bits per heavy atom. The van der Waals surface area contributed by atoms with Gasteiger partial charge in [0.15, 0.2) is 0 Å². The van der Waals surface area contributed by atoms with Gasteiger partial charge in [-0.2, -0.15) is 0 Å². The molecule has 0 aliphatic carbocycles. The van der Waals surface area contributed by atoms with E-state index in [0.717, 1.165) is 72.8 Å². The fourth-order valence-electron chi connectivity index (χ4n) is 6.20. The molecular weight excluding hydrogens is 683 g/mol. The number of fused-ring (bicyclic) bond motifs is 1. The number of phenolic OH excluding ortho intramolecular Hbond substituents is 2. The average molecular weight is 741 g/mol. The summed E-state index contributed by atoms with van der Waals surface area (Å²) in [7, 11) is 0. The SMILES string of the molecule is CCCCCC(=Nc1ccc(CC)c(CC)c1)C(CCCC)=Nc1ccc(CC)c(CC)c1.Cc1cc(O)c2c(O)cc(C)cc2c1.[Pd]. The third-order valence-corrected chi connectivity index (χ3v) is 8.84. The van der Waals surface area contributed by atoms with Crippen LogP contribution in [0.3, 0.4) is 0 Å². The van der Waals surface area contributed by atoms with Crippen molar-refractivity contribution in [3.8, 4) is 11.5 Å². The molecule has 0 amide bonds. The van der Waals surface area contributed by atoms with E-state index in [4.69, 9.17) is 9.98 Å². The molecule has 4 aromatic rings. The number of rotatable bonds is 14. The minimum Gasteiger partial charge on any atom is -0.507 e. The zero-order valence-corrected chi connectivity index (χ0v) is 32.2. The second-order valence-corrected chi connectivity index (χ2v) is 12.7. The van der Waals surface area contributed by atoms with Crippen molar-refractivity contribution in [1.29, 1.82) is 0 Å². The molecule has 0 aliphatic heterocycles. The molecule has 4 nitrogen and oxygen atoms in total. The molecule has 0 bridgehead atoms. The Labute approximate surface area is 304 Å². The molecule has 2 N–H and O–H groups in total. The van der Waals surface area contributed by atoms with Crippen LogP contribution < -0.4 is 0 Å². The van der Waals surface area contributed by atoms with Crippen molar-refractivity contribution < 1.29 is 30.6 Å². The summed E-state index contributed by atoms with van der Waals surface area (Å²) in [6.07, 6.45) is 12.2. The standard InChI is InChI=1S/C31H46N2.C12H12O2.Pd/c1-7-13-15-17-31(33-29-21-19-25(10-4)27(12-6)23-29)30(16-14-8-2)32-28-20-18-24(9-3)26(11-5)22-28;1-7-3-9-4-8(2)6-11(14)12(9)10(13)5-7;/h18-23H,7-17H2,1-6H3;3-6,13-14H,1-2H3;. The van der Waals surface area contributed by atoms with Crippen LogP contribution in [0.15, 0.2) is 70.6 Å². The maximum absolute atomic E-state index is 9.66. The van der Waals surface area contributed by atoms with Crippen LogP contribution in [-0.2, 0) is 46.1 Å². The van der Waals surface area contributed by atoms with Crippen LogP contribution in [0.5, 0.6) is 11.5 Å². The monoisotopic (exact) mass is 740 g/mol. The number of hydrogen-bond donors (Lipinski definition) is 2. The molecule has 0 heterocycles. The van der Waals surface area contributed by atoms with Gasteiger partial charge in [-0.25, -0.2) is 0 Å². The molecule has 0 spiro atoms. The van der Waals surface area contributed by atoms with Gasteiger partial charge in [-0.05, 0) is 140 Å². The van der Waals surface area contributed by atoms with E-state index in [1.165, 1.54) is 59.4 Å². The van der Waals surface area contributed by atoms with E-state index >= 15 is 0 Å². The van der Waals surface area contributed by atoms with Crippen LogP contribution in [0.2, 0.25) is 0 Å². The number of nitrogens with zero attached hydrogens (tertiary/aromatic N) is 2. The van der Waals surface area contributed by atoms with Crippen molar-refractivity contribution in [3.63, 3.8) is 0 Å². The van der Waals surface area contributed by atoms with Gasteiger partial charge in [0.25, 0.3) is 0 Å². The number of hydrogen-bond acceptors (Lipinski definition) is 4. The normalized spacial score (nSPS) is 11.7. The van der Waals surface area contributed by atoms with Crippen LogP contribution in [0, 0.1) is 13.8 Å². The molecule has 262 valence electrons. The van der Waals surface area contributed by atoms with E-state index in [1.54, 1.807) is 12.1 Å². The van der Waals surface area contributed by atoms with Crippen LogP contribution in [0.1, 0.15) is 120 Å². The van der Waals surface area contributed by atoms with Gasteiger partial charge in [0.1, 0.15) is 11.5 Å². The quantitative estimate of drug-likeness (QED) is 0.0768. The van der Waals surface area contributed by atoms with Gasteiger partial charge in [0.05, 0.1) is 28.2 Å². The second-order valence-electron chi connectivity index (χ2n) is 12.7. The van der Waals surface area contributed by atoms with Gasteiger partial charge >= 0.3 is 0 Å². The Kier molecular flexibility index (Phi) is 17.9. The van der Waals surface area contributed by atoms with Gasteiger partial charge in [0, 0.05) is 20.4 Å². The van der Waals surface area contributed by atoms with Crippen LogP contribution in [0.4, 0.5) is 11.4 Å². The molecule has 0 saturated carbocycles.